The highest BCUT2D eigenvalue weighted by atomic mass is 32.2. The van der Waals surface area contributed by atoms with E-state index in [9.17, 15) is 26.4 Å². The fourth-order valence-corrected chi connectivity index (χ4v) is 7.44. The lowest BCUT2D eigenvalue weighted by Gasteiger charge is -2.35. The number of alkyl halides is 6. The maximum absolute atomic E-state index is 15.1. The smallest absolute Gasteiger partial charge is 0.416 e. The number of carbonyl (C=O) groups excluding carboxylic acids is 1. The Balaban J connectivity index is 1.89. The van der Waals surface area contributed by atoms with E-state index in [0.29, 0.717) is 17.2 Å². The van der Waals surface area contributed by atoms with Crippen LogP contribution in [0.3, 0.4) is 0 Å². The van der Waals surface area contributed by atoms with Gasteiger partial charge in [-0.1, -0.05) is 56.3 Å². The van der Waals surface area contributed by atoms with Crippen molar-refractivity contribution in [2.75, 3.05) is 19.7 Å². The van der Waals surface area contributed by atoms with Crippen LogP contribution in [0.2, 0.25) is 0 Å². The number of hydrogen-bond donors (Lipinski definition) is 0. The van der Waals surface area contributed by atoms with Crippen molar-refractivity contribution in [3.8, 4) is 11.1 Å². The third kappa shape index (κ3) is 7.89. The lowest BCUT2D eigenvalue weighted by Crippen LogP contribution is -2.39. The molecule has 0 N–H and O–H groups in total. The van der Waals surface area contributed by atoms with Gasteiger partial charge in [0.05, 0.1) is 28.5 Å². The average Bonchev–Trinajstić information content (AvgIpc) is 2.99. The van der Waals surface area contributed by atoms with Gasteiger partial charge in [-0.15, -0.1) is 0 Å². The highest BCUT2D eigenvalue weighted by Crippen LogP contribution is 2.46. The molecule has 0 radical (unpaired) electrons. The molecule has 3 aromatic carbocycles. The highest BCUT2D eigenvalue weighted by molar-refractivity contribution is 7.89. The van der Waals surface area contributed by atoms with Gasteiger partial charge in [-0.2, -0.15) is 30.6 Å². The fraction of sp³-hybridized carbons (Fsp3) is 0.424. The second kappa shape index (κ2) is 13.5. The molecule has 5 nitrogen and oxygen atoms in total. The number of ether oxygens (including phenoxy) is 1. The van der Waals surface area contributed by atoms with Crippen LogP contribution < -0.4 is 0 Å². The molecule has 12 heteroatoms. The van der Waals surface area contributed by atoms with Gasteiger partial charge in [0.1, 0.15) is 0 Å². The first-order chi connectivity index (χ1) is 21.0. The van der Waals surface area contributed by atoms with Crippen molar-refractivity contribution in [3.63, 3.8) is 0 Å². The normalized spacial score (nSPS) is 17.3. The number of carbonyl (C=O) groups is 1. The van der Waals surface area contributed by atoms with E-state index in [-0.39, 0.29) is 56.0 Å². The van der Waals surface area contributed by atoms with Crippen LogP contribution in [0.5, 0.6) is 0 Å². The first-order valence-electron chi connectivity index (χ1n) is 14.7. The van der Waals surface area contributed by atoms with E-state index in [1.807, 2.05) is 0 Å². The zero-order valence-electron chi connectivity index (χ0n) is 25.1. The molecule has 3 aromatic rings. The zero-order valence-corrected chi connectivity index (χ0v) is 25.9. The first-order valence-corrected chi connectivity index (χ1v) is 16.1. The van der Waals surface area contributed by atoms with E-state index in [2.05, 4.69) is 0 Å². The van der Waals surface area contributed by atoms with Crippen LogP contribution in [0, 0.1) is 5.92 Å². The Kier molecular flexibility index (Phi) is 10.4. The Hall–Kier alpha value is -3.38. The molecule has 0 aliphatic carbocycles. The molecular formula is C33H35F6NO4S. The number of nitrogens with zero attached hydrogens (tertiary/aromatic N) is 1. The number of rotatable bonds is 9. The van der Waals surface area contributed by atoms with Gasteiger partial charge < -0.3 is 4.74 Å². The summed E-state index contributed by atoms with van der Waals surface area (Å²) in [6, 6.07) is 14.7. The number of halogens is 6. The number of sulfonamides is 1. The van der Waals surface area contributed by atoms with Crippen molar-refractivity contribution >= 4 is 16.0 Å². The van der Waals surface area contributed by atoms with E-state index >= 15 is 13.2 Å². The maximum atomic E-state index is 15.1. The molecule has 2 unspecified atom stereocenters. The molecule has 0 aromatic heterocycles. The first kappa shape index (κ1) is 34.5. The van der Waals surface area contributed by atoms with Crippen molar-refractivity contribution in [1.29, 1.82) is 0 Å². The number of hydrogen-bond acceptors (Lipinski definition) is 4. The van der Waals surface area contributed by atoms with Gasteiger partial charge in [0, 0.05) is 13.1 Å². The van der Waals surface area contributed by atoms with E-state index in [4.69, 9.17) is 4.74 Å². The Morgan fingerprint density at radius 2 is 1.62 bits per heavy atom. The third-order valence-electron chi connectivity index (χ3n) is 7.87. The van der Waals surface area contributed by atoms with Gasteiger partial charge in [0.2, 0.25) is 10.0 Å². The summed E-state index contributed by atoms with van der Waals surface area (Å²) in [5.74, 6) is -3.14. The molecular weight excluding hydrogens is 620 g/mol. The van der Waals surface area contributed by atoms with Crippen LogP contribution in [-0.2, 0) is 31.9 Å². The van der Waals surface area contributed by atoms with Crippen LogP contribution in [0.25, 0.3) is 11.1 Å². The Labute approximate surface area is 259 Å². The van der Waals surface area contributed by atoms with Crippen LogP contribution in [-0.4, -0.2) is 38.4 Å². The molecule has 1 saturated heterocycles. The average molecular weight is 656 g/mol. The number of esters is 1. The Morgan fingerprint density at radius 1 is 0.933 bits per heavy atom. The molecule has 0 amide bonds. The quantitative estimate of drug-likeness (QED) is 0.171. The van der Waals surface area contributed by atoms with Gasteiger partial charge in [-0.25, -0.2) is 8.42 Å². The molecule has 4 rings (SSSR count). The van der Waals surface area contributed by atoms with Crippen molar-refractivity contribution in [2.45, 2.75) is 69.1 Å². The summed E-state index contributed by atoms with van der Waals surface area (Å²) in [5, 5.41) is 0. The molecule has 2 atom stereocenters. The topological polar surface area (TPSA) is 63.7 Å². The molecule has 1 aliphatic heterocycles. The standard InChI is InChI=1S/C33H35F6NO4S/c1-4-44-31(41)29(16-21(2)3)28-18-24(22-10-6-5-7-11-22)17-27(30(28)33(37,38)39)23-12-9-15-40(20-23)45(42,43)26-14-8-13-25(19-26)32(34,35)36/h5-8,10-11,13-14,17-19,21,23,29H,4,9,12,15-16,20H2,1-3H3. The second-order valence-corrected chi connectivity index (χ2v) is 13.5. The molecule has 0 saturated carbocycles. The molecule has 45 heavy (non-hydrogen) atoms. The third-order valence-corrected chi connectivity index (χ3v) is 9.73. The Bertz CT molecular complexity index is 1600. The molecule has 1 fully saturated rings. The van der Waals surface area contributed by atoms with Gasteiger partial charge in [-0.05, 0) is 84.5 Å². The summed E-state index contributed by atoms with van der Waals surface area (Å²) in [7, 11) is -4.48. The van der Waals surface area contributed by atoms with Gasteiger partial charge in [0.15, 0.2) is 0 Å². The van der Waals surface area contributed by atoms with Crippen LogP contribution in [0.1, 0.15) is 74.1 Å². The Morgan fingerprint density at radius 3 is 2.22 bits per heavy atom. The fourth-order valence-electron chi connectivity index (χ4n) is 5.87. The maximum Gasteiger partial charge on any atom is 0.416 e. The summed E-state index contributed by atoms with van der Waals surface area (Å²) < 4.78 is 119. The summed E-state index contributed by atoms with van der Waals surface area (Å²) >= 11 is 0. The van der Waals surface area contributed by atoms with Gasteiger partial charge in [0.25, 0.3) is 0 Å². The lowest BCUT2D eigenvalue weighted by molar-refractivity contribution is -0.146. The predicted octanol–water partition coefficient (Wildman–Crippen LogP) is 8.65. The minimum atomic E-state index is -4.91. The van der Waals surface area contributed by atoms with E-state index in [1.165, 1.54) is 12.1 Å². The highest BCUT2D eigenvalue weighted by Gasteiger charge is 2.43. The lowest BCUT2D eigenvalue weighted by atomic mass is 9.79. The minimum Gasteiger partial charge on any atom is -0.466 e. The van der Waals surface area contributed by atoms with Crippen molar-refractivity contribution in [2.24, 2.45) is 5.92 Å². The summed E-state index contributed by atoms with van der Waals surface area (Å²) in [6.45, 7) is 4.68. The molecule has 1 heterocycles. The molecule has 0 bridgehead atoms. The van der Waals surface area contributed by atoms with E-state index in [0.717, 1.165) is 22.5 Å². The van der Waals surface area contributed by atoms with Crippen LogP contribution in [0.4, 0.5) is 26.3 Å². The summed E-state index contributed by atoms with van der Waals surface area (Å²) in [5.41, 5.74) is -1.55. The number of piperidine rings is 1. The van der Waals surface area contributed by atoms with Gasteiger partial charge >= 0.3 is 18.3 Å². The van der Waals surface area contributed by atoms with Crippen molar-refractivity contribution in [3.05, 3.63) is 89.0 Å². The van der Waals surface area contributed by atoms with E-state index < -0.39 is 56.2 Å². The minimum absolute atomic E-state index is 0.0228. The number of benzene rings is 3. The second-order valence-electron chi connectivity index (χ2n) is 11.6. The summed E-state index contributed by atoms with van der Waals surface area (Å²) in [6.07, 6.45) is -9.23. The monoisotopic (exact) mass is 655 g/mol. The largest absolute Gasteiger partial charge is 0.466 e. The summed E-state index contributed by atoms with van der Waals surface area (Å²) in [4.78, 5) is 12.6. The zero-order chi connectivity index (χ0) is 33.2. The van der Waals surface area contributed by atoms with Crippen molar-refractivity contribution < 1.29 is 44.3 Å². The van der Waals surface area contributed by atoms with Crippen LogP contribution in [0.15, 0.2) is 71.6 Å². The van der Waals surface area contributed by atoms with Crippen molar-refractivity contribution in [1.82, 2.24) is 4.31 Å². The van der Waals surface area contributed by atoms with Crippen LogP contribution >= 0.6 is 0 Å². The van der Waals surface area contributed by atoms with E-state index in [1.54, 1.807) is 51.1 Å². The SMILES string of the molecule is CCOC(=O)C(CC(C)C)c1cc(-c2ccccc2)cc(C2CCCN(S(=O)(=O)c3cccc(C(F)(F)F)c3)C2)c1C(F)(F)F. The molecule has 1 aliphatic rings. The van der Waals surface area contributed by atoms with Gasteiger partial charge in [-0.3, -0.25) is 4.79 Å². The molecule has 0 spiro atoms. The predicted molar refractivity (Wildman–Crippen MR) is 158 cm³/mol. The molecule has 244 valence electrons.